The molecule has 0 bridgehead atoms. The molecule has 2 aromatic heterocycles. The van der Waals surface area contributed by atoms with E-state index in [4.69, 9.17) is 4.74 Å². The van der Waals surface area contributed by atoms with E-state index in [9.17, 15) is 4.79 Å². The molecule has 0 aliphatic rings. The second-order valence-electron chi connectivity index (χ2n) is 5.14. The van der Waals surface area contributed by atoms with Crippen molar-refractivity contribution in [2.45, 2.75) is 30.5 Å². The van der Waals surface area contributed by atoms with Gasteiger partial charge >= 0.3 is 5.97 Å². The van der Waals surface area contributed by atoms with Gasteiger partial charge in [0.05, 0.1) is 6.61 Å². The molecule has 3 aromatic rings. The largest absolute Gasteiger partial charge is 0.465 e. The molecule has 2 heterocycles. The molecule has 1 aromatic carbocycles. The number of carbonyl (C=O) groups is 1. The van der Waals surface area contributed by atoms with E-state index in [0.29, 0.717) is 13.0 Å². The number of hydrogen-bond donors (Lipinski definition) is 0. The van der Waals surface area contributed by atoms with Crippen molar-refractivity contribution >= 4 is 39.3 Å². The standard InChI is InChI=1S/C18H18N2O2S2/c1-3-14(18(21)22-4-2)23-16-13-10-15(12-8-6-5-7-9-12)24-17(13)20-11-19-16/h5-11,14H,3-4H2,1-2H3/t14-/m0/s1. The molecule has 0 fully saturated rings. The Balaban J connectivity index is 1.94. The molecular weight excluding hydrogens is 340 g/mol. The Kier molecular flexibility index (Phi) is 5.48. The second kappa shape index (κ2) is 7.77. The van der Waals surface area contributed by atoms with Crippen LogP contribution in [0.5, 0.6) is 0 Å². The van der Waals surface area contributed by atoms with Gasteiger partial charge in [-0.1, -0.05) is 49.0 Å². The number of ether oxygens (including phenoxy) is 1. The first kappa shape index (κ1) is 16.9. The Morgan fingerprint density at radius 2 is 2.04 bits per heavy atom. The molecule has 0 N–H and O–H groups in total. The van der Waals surface area contributed by atoms with Gasteiger partial charge in [-0.05, 0) is 25.0 Å². The fraction of sp³-hybridized carbons (Fsp3) is 0.278. The first-order chi connectivity index (χ1) is 11.7. The molecule has 4 nitrogen and oxygen atoms in total. The normalized spacial score (nSPS) is 12.2. The zero-order chi connectivity index (χ0) is 16.9. The van der Waals surface area contributed by atoms with Gasteiger partial charge in [-0.15, -0.1) is 11.3 Å². The van der Waals surface area contributed by atoms with E-state index in [1.54, 1.807) is 17.7 Å². The monoisotopic (exact) mass is 358 g/mol. The summed E-state index contributed by atoms with van der Waals surface area (Å²) in [6.07, 6.45) is 2.26. The van der Waals surface area contributed by atoms with Gasteiger partial charge < -0.3 is 4.74 Å². The van der Waals surface area contributed by atoms with Crippen molar-refractivity contribution in [2.75, 3.05) is 6.61 Å². The third-order valence-corrected chi connectivity index (χ3v) is 5.98. The lowest BCUT2D eigenvalue weighted by molar-refractivity contribution is -0.142. The third kappa shape index (κ3) is 3.60. The van der Waals surface area contributed by atoms with E-state index in [1.807, 2.05) is 32.0 Å². The summed E-state index contributed by atoms with van der Waals surface area (Å²) in [5.74, 6) is -0.185. The summed E-state index contributed by atoms with van der Waals surface area (Å²) < 4.78 is 5.15. The van der Waals surface area contributed by atoms with Crippen LogP contribution in [0.2, 0.25) is 0 Å². The Bertz CT molecular complexity index is 833. The van der Waals surface area contributed by atoms with Gasteiger partial charge in [-0.3, -0.25) is 4.79 Å². The smallest absolute Gasteiger partial charge is 0.319 e. The Labute approximate surface area is 149 Å². The van der Waals surface area contributed by atoms with E-state index in [0.717, 1.165) is 25.7 Å². The van der Waals surface area contributed by atoms with Crippen molar-refractivity contribution in [3.63, 3.8) is 0 Å². The van der Waals surface area contributed by atoms with Gasteiger partial charge in [0.25, 0.3) is 0 Å². The van der Waals surface area contributed by atoms with Crippen molar-refractivity contribution < 1.29 is 9.53 Å². The highest BCUT2D eigenvalue weighted by Crippen LogP contribution is 2.37. The van der Waals surface area contributed by atoms with E-state index < -0.39 is 0 Å². The third-order valence-electron chi connectivity index (χ3n) is 3.53. The Hall–Kier alpha value is -1.92. The van der Waals surface area contributed by atoms with Gasteiger partial charge in [0, 0.05) is 10.3 Å². The van der Waals surface area contributed by atoms with Gasteiger partial charge in [0.1, 0.15) is 21.4 Å². The van der Waals surface area contributed by atoms with Crippen molar-refractivity contribution in [2.24, 2.45) is 0 Å². The quantitative estimate of drug-likeness (QED) is 0.360. The van der Waals surface area contributed by atoms with Crippen LogP contribution in [0.15, 0.2) is 47.8 Å². The van der Waals surface area contributed by atoms with Crippen molar-refractivity contribution in [3.8, 4) is 10.4 Å². The molecule has 124 valence electrons. The molecule has 0 radical (unpaired) electrons. The molecule has 24 heavy (non-hydrogen) atoms. The molecule has 0 aliphatic heterocycles. The van der Waals surface area contributed by atoms with E-state index in [1.165, 1.54) is 11.8 Å². The number of aromatic nitrogens is 2. The number of benzene rings is 1. The molecule has 0 amide bonds. The van der Waals surface area contributed by atoms with E-state index >= 15 is 0 Å². The van der Waals surface area contributed by atoms with Crippen molar-refractivity contribution in [3.05, 3.63) is 42.7 Å². The van der Waals surface area contributed by atoms with Crippen LogP contribution in [0.4, 0.5) is 0 Å². The van der Waals surface area contributed by atoms with E-state index in [2.05, 4.69) is 28.2 Å². The highest BCUT2D eigenvalue weighted by atomic mass is 32.2. The number of rotatable bonds is 6. The minimum absolute atomic E-state index is 0.185. The summed E-state index contributed by atoms with van der Waals surface area (Å²) >= 11 is 3.09. The van der Waals surface area contributed by atoms with Crippen LogP contribution in [-0.4, -0.2) is 27.8 Å². The molecule has 3 rings (SSSR count). The lowest BCUT2D eigenvalue weighted by Crippen LogP contribution is -2.19. The van der Waals surface area contributed by atoms with Crippen LogP contribution >= 0.6 is 23.1 Å². The lowest BCUT2D eigenvalue weighted by Gasteiger charge is -2.12. The summed E-state index contributed by atoms with van der Waals surface area (Å²) in [7, 11) is 0. The predicted octanol–water partition coefficient (Wildman–Crippen LogP) is 4.79. The Morgan fingerprint density at radius 3 is 2.75 bits per heavy atom. The van der Waals surface area contributed by atoms with Crippen LogP contribution in [0.3, 0.4) is 0 Å². The summed E-state index contributed by atoms with van der Waals surface area (Å²) in [4.78, 5) is 22.9. The number of nitrogens with zero attached hydrogens (tertiary/aromatic N) is 2. The van der Waals surface area contributed by atoms with Crippen LogP contribution in [-0.2, 0) is 9.53 Å². The number of esters is 1. The first-order valence-electron chi connectivity index (χ1n) is 7.86. The van der Waals surface area contributed by atoms with Crippen molar-refractivity contribution in [1.29, 1.82) is 0 Å². The predicted molar refractivity (Wildman–Crippen MR) is 99.4 cm³/mol. The lowest BCUT2D eigenvalue weighted by atomic mass is 10.2. The zero-order valence-corrected chi connectivity index (χ0v) is 15.2. The fourth-order valence-corrected chi connectivity index (χ4v) is 4.40. The maximum Gasteiger partial charge on any atom is 0.319 e. The SMILES string of the molecule is CCOC(=O)[C@H](CC)Sc1ncnc2sc(-c3ccccc3)cc12. The minimum atomic E-state index is -0.247. The molecule has 0 saturated heterocycles. The highest BCUT2D eigenvalue weighted by molar-refractivity contribution is 8.00. The summed E-state index contributed by atoms with van der Waals surface area (Å²) in [6, 6.07) is 12.3. The molecule has 0 saturated carbocycles. The van der Waals surface area contributed by atoms with Crippen LogP contribution in [0.25, 0.3) is 20.7 Å². The maximum atomic E-state index is 12.1. The number of thiophene rings is 1. The Morgan fingerprint density at radius 1 is 1.25 bits per heavy atom. The topological polar surface area (TPSA) is 52.1 Å². The molecule has 0 aliphatic carbocycles. The number of fused-ring (bicyclic) bond motifs is 1. The summed E-state index contributed by atoms with van der Waals surface area (Å²) in [6.45, 7) is 4.20. The second-order valence-corrected chi connectivity index (χ2v) is 7.36. The van der Waals surface area contributed by atoms with Gasteiger partial charge in [0.15, 0.2) is 0 Å². The first-order valence-corrected chi connectivity index (χ1v) is 9.55. The van der Waals surface area contributed by atoms with E-state index in [-0.39, 0.29) is 11.2 Å². The number of hydrogen-bond acceptors (Lipinski definition) is 6. The average molecular weight is 358 g/mol. The molecule has 0 spiro atoms. The van der Waals surface area contributed by atoms with Gasteiger partial charge in [-0.25, -0.2) is 9.97 Å². The molecule has 0 unspecified atom stereocenters. The summed E-state index contributed by atoms with van der Waals surface area (Å²) in [5, 5.41) is 1.58. The maximum absolute atomic E-state index is 12.1. The van der Waals surface area contributed by atoms with Crippen LogP contribution in [0, 0.1) is 0 Å². The molecule has 1 atom stereocenters. The number of thioether (sulfide) groups is 1. The van der Waals surface area contributed by atoms with Crippen LogP contribution < -0.4 is 0 Å². The fourth-order valence-electron chi connectivity index (χ4n) is 2.34. The highest BCUT2D eigenvalue weighted by Gasteiger charge is 2.21. The van der Waals surface area contributed by atoms with Crippen molar-refractivity contribution in [1.82, 2.24) is 9.97 Å². The van der Waals surface area contributed by atoms with Gasteiger partial charge in [0.2, 0.25) is 0 Å². The summed E-state index contributed by atoms with van der Waals surface area (Å²) in [5.41, 5.74) is 1.16. The average Bonchev–Trinajstić information content (AvgIpc) is 3.05. The molecule has 6 heteroatoms. The van der Waals surface area contributed by atoms with Gasteiger partial charge in [-0.2, -0.15) is 0 Å². The van der Waals surface area contributed by atoms with Crippen LogP contribution in [0.1, 0.15) is 20.3 Å². The minimum Gasteiger partial charge on any atom is -0.465 e. The zero-order valence-electron chi connectivity index (χ0n) is 13.6. The number of carbonyl (C=O) groups excluding carboxylic acids is 1. The molecular formula is C18H18N2O2S2.